The molecular weight excluding hydrogens is 568 g/mol. The maximum atomic E-state index is 13.4. The molecule has 44 heavy (non-hydrogen) atoms. The summed E-state index contributed by atoms with van der Waals surface area (Å²) < 4.78 is 5.36. The van der Waals surface area contributed by atoms with E-state index in [1.165, 1.54) is 6.92 Å². The molecule has 0 bridgehead atoms. The summed E-state index contributed by atoms with van der Waals surface area (Å²) in [5.41, 5.74) is 12.5. The summed E-state index contributed by atoms with van der Waals surface area (Å²) in [4.78, 5) is 62.9. The number of benzene rings is 2. The van der Waals surface area contributed by atoms with Gasteiger partial charge in [0.1, 0.15) is 24.7 Å². The van der Waals surface area contributed by atoms with Gasteiger partial charge >= 0.3 is 5.97 Å². The van der Waals surface area contributed by atoms with E-state index in [1.807, 2.05) is 74.5 Å². The first kappa shape index (κ1) is 35.9. The van der Waals surface area contributed by atoms with E-state index in [0.717, 1.165) is 11.1 Å². The monoisotopic (exact) mass is 612 g/mol. The van der Waals surface area contributed by atoms with Crippen molar-refractivity contribution in [2.45, 2.75) is 70.4 Å². The van der Waals surface area contributed by atoms with Crippen molar-refractivity contribution in [3.63, 3.8) is 0 Å². The Hall–Kier alpha value is -4.33. The van der Waals surface area contributed by atoms with Crippen molar-refractivity contribution in [2.24, 2.45) is 17.4 Å². The maximum absolute atomic E-state index is 13.4. The number of hydrogen-bond donors (Lipinski definition) is 7. The fraction of sp³-hybridized carbons (Fsp3) is 0.452. The van der Waals surface area contributed by atoms with Crippen LogP contribution in [0.1, 0.15) is 38.3 Å². The fourth-order valence-electron chi connectivity index (χ4n) is 4.11. The molecular formula is C31H44N6O7. The van der Waals surface area contributed by atoms with Crippen LogP contribution in [-0.2, 0) is 41.7 Å². The van der Waals surface area contributed by atoms with Crippen molar-refractivity contribution in [1.82, 2.24) is 21.3 Å². The van der Waals surface area contributed by atoms with Gasteiger partial charge in [-0.3, -0.25) is 19.2 Å². The number of ether oxygens (including phenoxy) is 1. The molecule has 2 rings (SSSR count). The van der Waals surface area contributed by atoms with E-state index in [0.29, 0.717) is 0 Å². The predicted octanol–water partition coefficient (Wildman–Crippen LogP) is -0.744. The number of hydrogen-bond acceptors (Lipinski definition) is 9. The van der Waals surface area contributed by atoms with Gasteiger partial charge in [-0.25, -0.2) is 4.79 Å². The SMILES string of the molecule is CC(C)[C@@H](CN[C@@H](Cc1ccccc1)C(=O)N[C@@H](C)C(=O)OCc1ccccc1)NC(=O)[C@H](CC(N)=O)NC(=O)[C@@H](N)CO. The van der Waals surface area contributed by atoms with E-state index >= 15 is 0 Å². The van der Waals surface area contributed by atoms with Gasteiger partial charge in [0.05, 0.1) is 19.1 Å². The van der Waals surface area contributed by atoms with E-state index in [4.69, 9.17) is 21.3 Å². The second-order valence-corrected chi connectivity index (χ2v) is 10.9. The Balaban J connectivity index is 2.11. The molecule has 2 aromatic carbocycles. The normalized spacial score (nSPS) is 14.4. The van der Waals surface area contributed by atoms with E-state index < -0.39 is 72.8 Å². The Labute approximate surface area is 257 Å². The molecule has 0 fully saturated rings. The van der Waals surface area contributed by atoms with Gasteiger partial charge in [0, 0.05) is 12.6 Å². The van der Waals surface area contributed by atoms with Crippen LogP contribution in [0.15, 0.2) is 60.7 Å². The minimum Gasteiger partial charge on any atom is -0.459 e. The summed E-state index contributed by atoms with van der Waals surface area (Å²) >= 11 is 0. The van der Waals surface area contributed by atoms with Gasteiger partial charge < -0.3 is 42.6 Å². The number of amides is 4. The second-order valence-electron chi connectivity index (χ2n) is 10.9. The molecule has 0 radical (unpaired) electrons. The summed E-state index contributed by atoms with van der Waals surface area (Å²) in [5, 5.41) is 20.2. The van der Waals surface area contributed by atoms with Crippen LogP contribution in [0.3, 0.4) is 0 Å². The first-order valence-electron chi connectivity index (χ1n) is 14.4. The van der Waals surface area contributed by atoms with Gasteiger partial charge in [-0.15, -0.1) is 0 Å². The lowest BCUT2D eigenvalue weighted by Crippen LogP contribution is -2.58. The maximum Gasteiger partial charge on any atom is 0.328 e. The highest BCUT2D eigenvalue weighted by Crippen LogP contribution is 2.08. The minimum absolute atomic E-state index is 0.0739. The van der Waals surface area contributed by atoms with Gasteiger partial charge in [-0.1, -0.05) is 74.5 Å². The van der Waals surface area contributed by atoms with Crippen LogP contribution in [0.4, 0.5) is 0 Å². The highest BCUT2D eigenvalue weighted by molar-refractivity contribution is 5.93. The van der Waals surface area contributed by atoms with Crippen molar-refractivity contribution in [3.8, 4) is 0 Å². The van der Waals surface area contributed by atoms with Gasteiger partial charge in [0.2, 0.25) is 23.6 Å². The number of nitrogens with two attached hydrogens (primary N) is 2. The molecule has 2 aromatic rings. The molecule has 0 unspecified atom stereocenters. The molecule has 9 N–H and O–H groups in total. The highest BCUT2D eigenvalue weighted by Gasteiger charge is 2.29. The number of aliphatic hydroxyl groups is 1. The Bertz CT molecular complexity index is 1230. The molecule has 240 valence electrons. The number of primary amides is 1. The Kier molecular flexibility index (Phi) is 15.0. The van der Waals surface area contributed by atoms with Crippen molar-refractivity contribution in [1.29, 1.82) is 0 Å². The molecule has 13 heteroatoms. The average molecular weight is 613 g/mol. The van der Waals surface area contributed by atoms with Crippen LogP contribution in [-0.4, -0.2) is 78.1 Å². The summed E-state index contributed by atoms with van der Waals surface area (Å²) in [5.74, 6) is -3.48. The van der Waals surface area contributed by atoms with Crippen LogP contribution in [0, 0.1) is 5.92 Å². The van der Waals surface area contributed by atoms with Gasteiger partial charge in [-0.05, 0) is 30.4 Å². The van der Waals surface area contributed by atoms with Crippen molar-refractivity contribution >= 4 is 29.6 Å². The smallest absolute Gasteiger partial charge is 0.328 e. The summed E-state index contributed by atoms with van der Waals surface area (Å²) in [6.45, 7) is 4.81. The lowest BCUT2D eigenvalue weighted by molar-refractivity contribution is -0.148. The quantitative estimate of drug-likeness (QED) is 0.105. The van der Waals surface area contributed by atoms with Crippen LogP contribution in [0.25, 0.3) is 0 Å². The zero-order chi connectivity index (χ0) is 32.6. The zero-order valence-electron chi connectivity index (χ0n) is 25.3. The van der Waals surface area contributed by atoms with Crippen LogP contribution in [0.5, 0.6) is 0 Å². The number of esters is 1. The van der Waals surface area contributed by atoms with Crippen molar-refractivity contribution in [3.05, 3.63) is 71.8 Å². The van der Waals surface area contributed by atoms with Crippen molar-refractivity contribution in [2.75, 3.05) is 13.2 Å². The summed E-state index contributed by atoms with van der Waals surface area (Å²) in [6, 6.07) is 13.6. The lowest BCUT2D eigenvalue weighted by atomic mass is 10.0. The standard InChI is InChI=1S/C31H44N6O7/c1-19(2)26(37-30(42)25(15-27(33)39)36-28(40)23(32)17-38)16-34-24(14-21-10-6-4-7-11-21)29(41)35-20(3)31(43)44-18-22-12-8-5-9-13-22/h4-13,19-20,23-26,34,38H,14-18,32H2,1-3H3,(H2,33,39)(H,35,41)(H,36,40)(H,37,42)/t20-,23-,24-,25-,26+/m0/s1. The summed E-state index contributed by atoms with van der Waals surface area (Å²) in [7, 11) is 0. The number of carbonyl (C=O) groups excluding carboxylic acids is 5. The number of aliphatic hydroxyl groups excluding tert-OH is 1. The highest BCUT2D eigenvalue weighted by atomic mass is 16.5. The molecule has 0 saturated heterocycles. The van der Waals surface area contributed by atoms with E-state index in [2.05, 4.69) is 21.3 Å². The first-order chi connectivity index (χ1) is 20.9. The topological polar surface area (TPSA) is 215 Å². The molecule has 0 saturated carbocycles. The molecule has 0 heterocycles. The molecule has 0 aliphatic heterocycles. The molecule has 0 aliphatic rings. The number of carbonyl (C=O) groups is 5. The Morgan fingerprint density at radius 3 is 1.91 bits per heavy atom. The molecule has 13 nitrogen and oxygen atoms in total. The number of nitrogens with one attached hydrogen (secondary N) is 4. The van der Waals surface area contributed by atoms with E-state index in [-0.39, 0.29) is 25.5 Å². The van der Waals surface area contributed by atoms with Gasteiger partial charge in [0.15, 0.2) is 0 Å². The molecule has 0 spiro atoms. The van der Waals surface area contributed by atoms with Gasteiger partial charge in [-0.2, -0.15) is 0 Å². The molecule has 4 amide bonds. The Morgan fingerprint density at radius 2 is 1.36 bits per heavy atom. The van der Waals surface area contributed by atoms with E-state index in [9.17, 15) is 24.0 Å². The van der Waals surface area contributed by atoms with Crippen LogP contribution < -0.4 is 32.7 Å². The third kappa shape index (κ3) is 12.5. The lowest BCUT2D eigenvalue weighted by Gasteiger charge is -2.28. The van der Waals surface area contributed by atoms with Crippen LogP contribution in [0.2, 0.25) is 0 Å². The molecule has 0 aliphatic carbocycles. The number of rotatable bonds is 18. The first-order valence-corrected chi connectivity index (χ1v) is 14.4. The van der Waals surface area contributed by atoms with E-state index in [1.54, 1.807) is 0 Å². The Morgan fingerprint density at radius 1 is 0.795 bits per heavy atom. The van der Waals surface area contributed by atoms with Gasteiger partial charge in [0.25, 0.3) is 0 Å². The zero-order valence-corrected chi connectivity index (χ0v) is 25.3. The average Bonchev–Trinajstić information content (AvgIpc) is 3.00. The largest absolute Gasteiger partial charge is 0.459 e. The second kappa shape index (κ2) is 18.4. The van der Waals surface area contributed by atoms with Crippen molar-refractivity contribution < 1.29 is 33.8 Å². The van der Waals surface area contributed by atoms with Crippen LogP contribution >= 0.6 is 0 Å². The fourth-order valence-corrected chi connectivity index (χ4v) is 4.11. The minimum atomic E-state index is -1.31. The third-order valence-electron chi connectivity index (χ3n) is 6.82. The third-order valence-corrected chi connectivity index (χ3v) is 6.82. The predicted molar refractivity (Wildman–Crippen MR) is 163 cm³/mol. The summed E-state index contributed by atoms with van der Waals surface area (Å²) in [6.07, 6.45) is -0.193. The molecule has 5 atom stereocenters. The molecule has 0 aromatic heterocycles.